The van der Waals surface area contributed by atoms with Crippen molar-refractivity contribution in [2.45, 2.75) is 34.6 Å². The van der Waals surface area contributed by atoms with Gasteiger partial charge in [-0.1, -0.05) is 0 Å². The van der Waals surface area contributed by atoms with E-state index in [1.165, 1.54) is 5.69 Å². The Hall–Kier alpha value is -0.0513. The summed E-state index contributed by atoms with van der Waals surface area (Å²) in [5, 5.41) is 0. The molecule has 0 aromatic carbocycles. The van der Waals surface area contributed by atoms with Crippen LogP contribution in [0.1, 0.15) is 25.5 Å². The van der Waals surface area contributed by atoms with Crippen molar-refractivity contribution in [1.82, 2.24) is 4.98 Å². The maximum atomic E-state index is 4.39. The fourth-order valence-electron chi connectivity index (χ4n) is 1.23. The molecule has 1 nitrogen and oxygen atoms in total. The summed E-state index contributed by atoms with van der Waals surface area (Å²) in [7, 11) is 0. The summed E-state index contributed by atoms with van der Waals surface area (Å²) in [4.78, 5) is 11.7. The molecule has 0 N–H and O–H groups in total. The van der Waals surface area contributed by atoms with E-state index in [0.29, 0.717) is 5.92 Å². The Morgan fingerprint density at radius 1 is 1.23 bits per heavy atom. The third-order valence-electron chi connectivity index (χ3n) is 2.24. The Balaban J connectivity index is 3.06. The minimum atomic E-state index is -1.86. The first-order valence-electron chi connectivity index (χ1n) is 4.87. The molecule has 0 unspecified atom stereocenters. The molecule has 13 heavy (non-hydrogen) atoms. The quantitative estimate of drug-likeness (QED) is 0.761. The first-order valence-corrected chi connectivity index (χ1v) is 14.9. The van der Waals surface area contributed by atoms with Crippen molar-refractivity contribution in [2.24, 2.45) is 0 Å². The van der Waals surface area contributed by atoms with E-state index in [1.54, 1.807) is 3.58 Å². The van der Waals surface area contributed by atoms with Crippen LogP contribution in [0.4, 0.5) is 0 Å². The molecule has 1 heterocycles. The molecule has 0 aliphatic heterocycles. The van der Waals surface area contributed by atoms with Gasteiger partial charge in [-0.05, 0) is 0 Å². The van der Waals surface area contributed by atoms with Crippen LogP contribution in [0.25, 0.3) is 0 Å². The first-order chi connectivity index (χ1) is 5.91. The summed E-state index contributed by atoms with van der Waals surface area (Å²) >= 11 is -1.86. The monoisotopic (exact) mass is 285 g/mol. The molecule has 0 fully saturated rings. The maximum absolute atomic E-state index is 4.39. The van der Waals surface area contributed by atoms with Crippen molar-refractivity contribution in [3.63, 3.8) is 0 Å². The molecule has 2 heteroatoms. The molecule has 1 aromatic rings. The normalized spacial score (nSPS) is 12.2. The Kier molecular flexibility index (Phi) is 3.38. The molecule has 0 radical (unpaired) electrons. The van der Waals surface area contributed by atoms with Crippen LogP contribution in [0.3, 0.4) is 0 Å². The van der Waals surface area contributed by atoms with E-state index in [-0.39, 0.29) is 0 Å². The third-order valence-corrected chi connectivity index (χ3v) is 8.07. The fourth-order valence-corrected chi connectivity index (χ4v) is 4.53. The van der Waals surface area contributed by atoms with E-state index < -0.39 is 18.4 Å². The third kappa shape index (κ3) is 2.97. The van der Waals surface area contributed by atoms with Crippen molar-refractivity contribution < 1.29 is 0 Å². The molecule has 1 aromatic heterocycles. The number of aromatic nitrogens is 1. The van der Waals surface area contributed by atoms with Crippen LogP contribution < -0.4 is 3.58 Å². The van der Waals surface area contributed by atoms with Gasteiger partial charge in [-0.15, -0.1) is 0 Å². The number of nitrogens with zero attached hydrogens (tertiary/aromatic N) is 1. The van der Waals surface area contributed by atoms with Gasteiger partial charge in [0, 0.05) is 0 Å². The van der Waals surface area contributed by atoms with E-state index >= 15 is 0 Å². The summed E-state index contributed by atoms with van der Waals surface area (Å²) in [6, 6.07) is 4.50. The Labute approximate surface area is 85.5 Å². The van der Waals surface area contributed by atoms with E-state index in [9.17, 15) is 0 Å². The fraction of sp³-hybridized carbons (Fsp3) is 0.545. The standard InChI is InChI=1S/C8H10N.3CH3.Sn/c1-7(2)8-5-3-4-6-9-8;;;;/h4-7H,1-2H3;3*1H3;. The van der Waals surface area contributed by atoms with E-state index in [0.717, 1.165) is 0 Å². The van der Waals surface area contributed by atoms with Crippen molar-refractivity contribution in [1.29, 1.82) is 0 Å². The van der Waals surface area contributed by atoms with Gasteiger partial charge in [0.15, 0.2) is 0 Å². The molecular weight excluding hydrogens is 265 g/mol. The van der Waals surface area contributed by atoms with E-state index in [1.807, 2.05) is 6.20 Å². The second-order valence-electron chi connectivity index (χ2n) is 4.87. The van der Waals surface area contributed by atoms with Gasteiger partial charge in [-0.25, -0.2) is 0 Å². The van der Waals surface area contributed by atoms with Crippen molar-refractivity contribution in [3.8, 4) is 0 Å². The molecule has 0 aliphatic carbocycles. The summed E-state index contributed by atoms with van der Waals surface area (Å²) < 4.78 is 1.58. The summed E-state index contributed by atoms with van der Waals surface area (Å²) in [5.41, 5.74) is 1.24. The van der Waals surface area contributed by atoms with Gasteiger partial charge < -0.3 is 0 Å². The molecule has 72 valence electrons. The summed E-state index contributed by atoms with van der Waals surface area (Å²) in [6.07, 6.45) is 1.97. The molecular formula is C11H19NSn. The molecule has 0 aliphatic rings. The van der Waals surface area contributed by atoms with Crippen LogP contribution in [-0.4, -0.2) is 23.4 Å². The van der Waals surface area contributed by atoms with Crippen molar-refractivity contribution in [2.75, 3.05) is 0 Å². The Morgan fingerprint density at radius 2 is 1.85 bits per heavy atom. The molecule has 0 saturated carbocycles. The second-order valence-corrected chi connectivity index (χ2v) is 19.4. The predicted molar refractivity (Wildman–Crippen MR) is 61.3 cm³/mol. The molecule has 1 rings (SSSR count). The van der Waals surface area contributed by atoms with Gasteiger partial charge in [-0.3, -0.25) is 0 Å². The van der Waals surface area contributed by atoms with E-state index in [4.69, 9.17) is 0 Å². The Bertz CT molecular complexity index is 286. The van der Waals surface area contributed by atoms with Crippen LogP contribution in [-0.2, 0) is 0 Å². The van der Waals surface area contributed by atoms with Gasteiger partial charge in [0.2, 0.25) is 0 Å². The second kappa shape index (κ2) is 3.99. The summed E-state index contributed by atoms with van der Waals surface area (Å²) in [5.74, 6) is 0.550. The number of hydrogen-bond donors (Lipinski definition) is 0. The predicted octanol–water partition coefficient (Wildman–Crippen LogP) is 2.75. The molecule has 0 atom stereocenters. The zero-order chi connectivity index (χ0) is 10.1. The molecule has 0 saturated heterocycles. The SMILES string of the molecule is CC(C)c1c[c]([Sn]([CH3])([CH3])[CH3])ccn1. The van der Waals surface area contributed by atoms with Gasteiger partial charge >= 0.3 is 85.5 Å². The van der Waals surface area contributed by atoms with E-state index in [2.05, 4.69) is 45.8 Å². The molecule has 0 spiro atoms. The molecule has 0 amide bonds. The van der Waals surface area contributed by atoms with Gasteiger partial charge in [-0.2, -0.15) is 0 Å². The average molecular weight is 284 g/mol. The summed E-state index contributed by atoms with van der Waals surface area (Å²) in [6.45, 7) is 4.40. The topological polar surface area (TPSA) is 12.9 Å². The van der Waals surface area contributed by atoms with Gasteiger partial charge in [0.05, 0.1) is 0 Å². The minimum absolute atomic E-state index is 0.550. The molecule has 0 bridgehead atoms. The van der Waals surface area contributed by atoms with Crippen LogP contribution in [0.2, 0.25) is 14.8 Å². The first kappa shape index (κ1) is 11.0. The van der Waals surface area contributed by atoms with Crippen LogP contribution in [0.15, 0.2) is 18.3 Å². The average Bonchev–Trinajstić information content (AvgIpc) is 2.03. The number of rotatable bonds is 2. The zero-order valence-electron chi connectivity index (χ0n) is 9.26. The zero-order valence-corrected chi connectivity index (χ0v) is 12.1. The van der Waals surface area contributed by atoms with Crippen LogP contribution in [0, 0.1) is 0 Å². The van der Waals surface area contributed by atoms with Crippen molar-refractivity contribution >= 4 is 22.0 Å². The number of pyridine rings is 1. The van der Waals surface area contributed by atoms with Crippen molar-refractivity contribution in [3.05, 3.63) is 24.0 Å². The Morgan fingerprint density at radius 3 is 2.31 bits per heavy atom. The van der Waals surface area contributed by atoms with Gasteiger partial charge in [0.1, 0.15) is 0 Å². The van der Waals surface area contributed by atoms with Crippen LogP contribution in [0.5, 0.6) is 0 Å². The van der Waals surface area contributed by atoms with Gasteiger partial charge in [0.25, 0.3) is 0 Å². The number of hydrogen-bond acceptors (Lipinski definition) is 1. The van der Waals surface area contributed by atoms with Crippen LogP contribution >= 0.6 is 0 Å².